The number of rotatable bonds is 6. The van der Waals surface area contributed by atoms with E-state index >= 15 is 0 Å². The van der Waals surface area contributed by atoms with Crippen LogP contribution in [0.25, 0.3) is 0 Å². The van der Waals surface area contributed by atoms with E-state index in [0.717, 1.165) is 14.9 Å². The monoisotopic (exact) mass is 536 g/mol. The SMILES string of the molecule is Cc1nnc(NS(=O)(=O)c2ccc(NS(=O)(=O)c3ccc(I)cc3)cc2)s1. The van der Waals surface area contributed by atoms with E-state index in [2.05, 4.69) is 42.2 Å². The molecule has 2 aromatic carbocycles. The van der Waals surface area contributed by atoms with Crippen LogP contribution >= 0.6 is 33.9 Å². The molecule has 0 aliphatic rings. The number of aromatic nitrogens is 2. The molecule has 8 nitrogen and oxygen atoms in total. The Bertz CT molecular complexity index is 1160. The summed E-state index contributed by atoms with van der Waals surface area (Å²) in [6, 6.07) is 11.7. The smallest absolute Gasteiger partial charge is 0.263 e. The molecule has 3 rings (SSSR count). The Hall–Kier alpha value is -1.77. The third-order valence-corrected chi connectivity index (χ3v) is 7.64. The van der Waals surface area contributed by atoms with Gasteiger partial charge in [-0.05, 0) is 78.0 Å². The van der Waals surface area contributed by atoms with E-state index in [1.54, 1.807) is 19.1 Å². The van der Waals surface area contributed by atoms with Gasteiger partial charge in [-0.1, -0.05) is 11.3 Å². The number of nitrogens with one attached hydrogen (secondary N) is 2. The van der Waals surface area contributed by atoms with Crippen molar-refractivity contribution in [1.82, 2.24) is 10.2 Å². The largest absolute Gasteiger partial charge is 0.280 e. The van der Waals surface area contributed by atoms with E-state index in [-0.39, 0.29) is 20.6 Å². The molecule has 2 N–H and O–H groups in total. The van der Waals surface area contributed by atoms with Gasteiger partial charge >= 0.3 is 0 Å². The summed E-state index contributed by atoms with van der Waals surface area (Å²) < 4.78 is 55.1. The zero-order valence-electron chi connectivity index (χ0n) is 13.7. The van der Waals surface area contributed by atoms with Gasteiger partial charge < -0.3 is 0 Å². The summed E-state index contributed by atoms with van der Waals surface area (Å²) in [5, 5.41) is 8.26. The lowest BCUT2D eigenvalue weighted by Gasteiger charge is -2.09. The molecule has 0 spiro atoms. The highest BCUT2D eigenvalue weighted by molar-refractivity contribution is 14.1. The van der Waals surface area contributed by atoms with Gasteiger partial charge in [0.2, 0.25) is 5.13 Å². The van der Waals surface area contributed by atoms with Gasteiger partial charge in [0, 0.05) is 9.26 Å². The van der Waals surface area contributed by atoms with Crippen molar-refractivity contribution in [3.05, 3.63) is 57.1 Å². The number of anilines is 2. The molecule has 0 aliphatic carbocycles. The van der Waals surface area contributed by atoms with Gasteiger partial charge in [-0.2, -0.15) is 0 Å². The van der Waals surface area contributed by atoms with Crippen molar-refractivity contribution >= 4 is 64.8 Å². The fourth-order valence-corrected chi connectivity index (χ4v) is 5.28. The minimum atomic E-state index is -3.84. The van der Waals surface area contributed by atoms with Crippen LogP contribution in [0.2, 0.25) is 0 Å². The summed E-state index contributed by atoms with van der Waals surface area (Å²) in [6.07, 6.45) is 0. The van der Waals surface area contributed by atoms with Crippen LogP contribution in [-0.2, 0) is 20.0 Å². The van der Waals surface area contributed by atoms with E-state index < -0.39 is 20.0 Å². The van der Waals surface area contributed by atoms with Gasteiger partial charge in [0.1, 0.15) is 5.01 Å². The third-order valence-electron chi connectivity index (χ3n) is 3.29. The molecular weight excluding hydrogens is 523 g/mol. The minimum absolute atomic E-state index is 0.0208. The molecule has 0 unspecified atom stereocenters. The first-order chi connectivity index (χ1) is 12.7. The van der Waals surface area contributed by atoms with Crippen LogP contribution in [0, 0.1) is 10.5 Å². The molecule has 27 heavy (non-hydrogen) atoms. The molecule has 12 heteroatoms. The number of hydrogen-bond acceptors (Lipinski definition) is 7. The summed E-state index contributed by atoms with van der Waals surface area (Å²) >= 11 is 3.20. The first-order valence-corrected chi connectivity index (χ1v) is 12.2. The van der Waals surface area contributed by atoms with Crippen molar-refractivity contribution < 1.29 is 16.8 Å². The molecule has 3 aromatic rings. The highest BCUT2D eigenvalue weighted by atomic mass is 127. The summed E-state index contributed by atoms with van der Waals surface area (Å²) in [6.45, 7) is 1.71. The molecular formula is C15H13IN4O4S3. The Labute approximate surface area is 174 Å². The summed E-state index contributed by atoms with van der Waals surface area (Å²) in [7, 11) is -7.60. The van der Waals surface area contributed by atoms with E-state index in [1.165, 1.54) is 36.4 Å². The Balaban J connectivity index is 1.77. The molecule has 1 aromatic heterocycles. The lowest BCUT2D eigenvalue weighted by Crippen LogP contribution is -2.14. The first-order valence-electron chi connectivity index (χ1n) is 7.37. The second kappa shape index (κ2) is 7.69. The highest BCUT2D eigenvalue weighted by Gasteiger charge is 2.18. The molecule has 142 valence electrons. The van der Waals surface area contributed by atoms with Crippen molar-refractivity contribution in [2.45, 2.75) is 16.7 Å². The van der Waals surface area contributed by atoms with Crippen molar-refractivity contribution in [1.29, 1.82) is 0 Å². The molecule has 0 bridgehead atoms. The van der Waals surface area contributed by atoms with Crippen LogP contribution in [0.1, 0.15) is 5.01 Å². The average molecular weight is 536 g/mol. The van der Waals surface area contributed by atoms with Gasteiger partial charge in [0.05, 0.1) is 9.79 Å². The summed E-state index contributed by atoms with van der Waals surface area (Å²) in [5.41, 5.74) is 0.249. The van der Waals surface area contributed by atoms with Gasteiger partial charge in [-0.3, -0.25) is 9.44 Å². The third kappa shape index (κ3) is 4.94. The summed E-state index contributed by atoms with van der Waals surface area (Å²) in [4.78, 5) is 0.0977. The molecule has 0 saturated heterocycles. The minimum Gasteiger partial charge on any atom is -0.280 e. The maximum absolute atomic E-state index is 12.4. The second-order valence-corrected chi connectivity index (χ2v) is 11.1. The number of nitrogens with zero attached hydrogens (tertiary/aromatic N) is 2. The fraction of sp³-hybridized carbons (Fsp3) is 0.0667. The Morgan fingerprint density at radius 1 is 0.815 bits per heavy atom. The molecule has 0 saturated carbocycles. The molecule has 0 amide bonds. The van der Waals surface area contributed by atoms with Crippen LogP contribution in [0.5, 0.6) is 0 Å². The van der Waals surface area contributed by atoms with Gasteiger partial charge in [0.25, 0.3) is 20.0 Å². The van der Waals surface area contributed by atoms with Crippen molar-refractivity contribution in [3.63, 3.8) is 0 Å². The lowest BCUT2D eigenvalue weighted by molar-refractivity contribution is 0.600. The lowest BCUT2D eigenvalue weighted by atomic mass is 10.3. The summed E-state index contributed by atoms with van der Waals surface area (Å²) in [5.74, 6) is 0. The number of benzene rings is 2. The molecule has 0 fully saturated rings. The maximum Gasteiger partial charge on any atom is 0.263 e. The first kappa shape index (κ1) is 20.0. The van der Waals surface area contributed by atoms with Crippen molar-refractivity contribution in [2.24, 2.45) is 0 Å². The van der Waals surface area contributed by atoms with Gasteiger partial charge in [-0.15, -0.1) is 10.2 Å². The van der Waals surface area contributed by atoms with Crippen LogP contribution in [0.3, 0.4) is 0 Å². The van der Waals surface area contributed by atoms with E-state index in [9.17, 15) is 16.8 Å². The topological polar surface area (TPSA) is 118 Å². The zero-order chi connectivity index (χ0) is 19.7. The number of sulfonamides is 2. The average Bonchev–Trinajstić information content (AvgIpc) is 2.99. The van der Waals surface area contributed by atoms with Crippen molar-refractivity contribution in [2.75, 3.05) is 9.44 Å². The van der Waals surface area contributed by atoms with Gasteiger partial charge in [-0.25, -0.2) is 16.8 Å². The van der Waals surface area contributed by atoms with E-state index in [1.807, 2.05) is 0 Å². The molecule has 1 heterocycles. The highest BCUT2D eigenvalue weighted by Crippen LogP contribution is 2.22. The maximum atomic E-state index is 12.4. The van der Waals surface area contributed by atoms with E-state index in [4.69, 9.17) is 0 Å². The number of aryl methyl sites for hydroxylation is 1. The fourth-order valence-electron chi connectivity index (χ4n) is 2.04. The number of hydrogen-bond donors (Lipinski definition) is 2. The molecule has 0 atom stereocenters. The van der Waals surface area contributed by atoms with E-state index in [0.29, 0.717) is 5.01 Å². The Kier molecular flexibility index (Phi) is 5.69. The van der Waals surface area contributed by atoms with Crippen molar-refractivity contribution in [3.8, 4) is 0 Å². The van der Waals surface area contributed by atoms with Crippen LogP contribution in [0.4, 0.5) is 10.8 Å². The molecule has 0 aliphatic heterocycles. The number of halogens is 1. The van der Waals surface area contributed by atoms with Crippen LogP contribution < -0.4 is 9.44 Å². The Morgan fingerprint density at radius 3 is 1.85 bits per heavy atom. The second-order valence-electron chi connectivity index (χ2n) is 5.32. The predicted molar refractivity (Wildman–Crippen MR) is 112 cm³/mol. The van der Waals surface area contributed by atoms with Crippen LogP contribution in [0.15, 0.2) is 58.3 Å². The van der Waals surface area contributed by atoms with Crippen LogP contribution in [-0.4, -0.2) is 27.0 Å². The zero-order valence-corrected chi connectivity index (χ0v) is 18.4. The normalized spacial score (nSPS) is 11.9. The quantitative estimate of drug-likeness (QED) is 0.468. The predicted octanol–water partition coefficient (Wildman–Crippen LogP) is 3.05. The van der Waals surface area contributed by atoms with Gasteiger partial charge in [0.15, 0.2) is 0 Å². The molecule has 0 radical (unpaired) electrons. The standard InChI is InChI=1S/C15H13IN4O4S3/c1-10-17-18-15(25-10)20-27(23,24)14-8-4-12(5-9-14)19-26(21,22)13-6-2-11(16)3-7-13/h2-9,19H,1H3,(H,18,20). The Morgan fingerprint density at radius 2 is 1.33 bits per heavy atom.